The third-order valence-corrected chi connectivity index (χ3v) is 4.85. The molecule has 0 saturated heterocycles. The van der Waals surface area contributed by atoms with Gasteiger partial charge in [0.1, 0.15) is 24.7 Å². The number of allylic oxidation sites excluding steroid dienone is 1. The second kappa shape index (κ2) is 7.36. The van der Waals surface area contributed by atoms with Crippen LogP contribution >= 0.6 is 15.9 Å². The Morgan fingerprint density at radius 2 is 2.12 bits per heavy atom. The normalized spacial score (nSPS) is 26.1. The fraction of sp³-hybridized carbons (Fsp3) is 0.412. The molecule has 1 aliphatic heterocycles. The molecule has 0 bridgehead atoms. The molecule has 0 radical (unpaired) electrons. The van der Waals surface area contributed by atoms with Crippen molar-refractivity contribution in [3.8, 4) is 5.75 Å². The monoisotopic (exact) mass is 395 g/mol. The SMILES string of the molecule is NC(=O)COC1CCC2C(=O)C(Oc3ccccc3Br)=COC2C1. The molecule has 2 N–H and O–H groups in total. The number of fused-ring (bicyclic) bond motifs is 1. The van der Waals surface area contributed by atoms with Gasteiger partial charge in [-0.3, -0.25) is 9.59 Å². The van der Waals surface area contributed by atoms with Gasteiger partial charge in [0.2, 0.25) is 17.4 Å². The standard InChI is InChI=1S/C17H18BrNO5/c18-12-3-1-2-4-13(12)24-15-8-23-14-7-10(22-9-16(19)20)5-6-11(14)17(15)21/h1-4,8,10-11,14H,5-7,9H2,(H2,19,20). The summed E-state index contributed by atoms with van der Waals surface area (Å²) in [5.41, 5.74) is 5.09. The second-order valence-electron chi connectivity index (χ2n) is 5.87. The van der Waals surface area contributed by atoms with E-state index in [2.05, 4.69) is 15.9 Å². The molecule has 128 valence electrons. The van der Waals surface area contributed by atoms with Gasteiger partial charge in [0.05, 0.1) is 16.5 Å². The number of carbonyl (C=O) groups is 2. The molecule has 2 aliphatic rings. The molecule has 7 heteroatoms. The predicted molar refractivity (Wildman–Crippen MR) is 89.0 cm³/mol. The minimum atomic E-state index is -0.498. The maximum atomic E-state index is 12.6. The molecule has 3 atom stereocenters. The van der Waals surface area contributed by atoms with E-state index >= 15 is 0 Å². The lowest BCUT2D eigenvalue weighted by Crippen LogP contribution is -2.43. The lowest BCUT2D eigenvalue weighted by atomic mass is 9.80. The minimum absolute atomic E-state index is 0.0599. The Hall–Kier alpha value is -1.86. The van der Waals surface area contributed by atoms with Gasteiger partial charge in [-0.25, -0.2) is 0 Å². The summed E-state index contributed by atoms with van der Waals surface area (Å²) in [5, 5.41) is 0. The predicted octanol–water partition coefficient (Wildman–Crippen LogP) is 2.31. The molecule has 1 aromatic carbocycles. The minimum Gasteiger partial charge on any atom is -0.493 e. The fourth-order valence-corrected chi connectivity index (χ4v) is 3.37. The fourth-order valence-electron chi connectivity index (χ4n) is 3.00. The van der Waals surface area contributed by atoms with Crippen molar-refractivity contribution >= 4 is 27.6 Å². The van der Waals surface area contributed by atoms with E-state index in [1.54, 1.807) is 6.07 Å². The van der Waals surface area contributed by atoms with Gasteiger partial charge in [0.15, 0.2) is 0 Å². The zero-order chi connectivity index (χ0) is 17.1. The van der Waals surface area contributed by atoms with Gasteiger partial charge in [0, 0.05) is 6.42 Å². The number of para-hydroxylation sites is 1. The first-order valence-corrected chi connectivity index (χ1v) is 8.56. The molecule has 6 nitrogen and oxygen atoms in total. The summed E-state index contributed by atoms with van der Waals surface area (Å²) < 4.78 is 17.6. The largest absolute Gasteiger partial charge is 0.493 e. The van der Waals surface area contributed by atoms with Crippen molar-refractivity contribution in [3.05, 3.63) is 40.8 Å². The first-order valence-electron chi connectivity index (χ1n) is 7.76. The molecule has 24 heavy (non-hydrogen) atoms. The van der Waals surface area contributed by atoms with Crippen molar-refractivity contribution in [2.75, 3.05) is 6.61 Å². The Labute approximate surface area is 148 Å². The number of nitrogens with two attached hydrogens (primary N) is 1. The van der Waals surface area contributed by atoms with Crippen molar-refractivity contribution in [1.82, 2.24) is 0 Å². The highest BCUT2D eigenvalue weighted by atomic mass is 79.9. The number of ether oxygens (including phenoxy) is 3. The molecule has 3 rings (SSSR count). The molecule has 1 fully saturated rings. The Morgan fingerprint density at radius 1 is 1.33 bits per heavy atom. The summed E-state index contributed by atoms with van der Waals surface area (Å²) >= 11 is 3.39. The third-order valence-electron chi connectivity index (χ3n) is 4.19. The second-order valence-corrected chi connectivity index (χ2v) is 6.73. The highest BCUT2D eigenvalue weighted by Gasteiger charge is 2.41. The van der Waals surface area contributed by atoms with Crippen LogP contribution in [0.25, 0.3) is 0 Å². The number of hydrogen-bond donors (Lipinski definition) is 1. The van der Waals surface area contributed by atoms with Crippen LogP contribution in [0.4, 0.5) is 0 Å². The van der Waals surface area contributed by atoms with Crippen LogP contribution in [0.2, 0.25) is 0 Å². The zero-order valence-electron chi connectivity index (χ0n) is 12.9. The van der Waals surface area contributed by atoms with Crippen molar-refractivity contribution in [1.29, 1.82) is 0 Å². The van der Waals surface area contributed by atoms with E-state index in [9.17, 15) is 9.59 Å². The van der Waals surface area contributed by atoms with E-state index in [-0.39, 0.29) is 36.3 Å². The van der Waals surface area contributed by atoms with E-state index in [0.717, 1.165) is 4.47 Å². The number of rotatable bonds is 5. The molecule has 1 aliphatic carbocycles. The van der Waals surface area contributed by atoms with Crippen LogP contribution in [0.5, 0.6) is 5.75 Å². The number of carbonyl (C=O) groups excluding carboxylic acids is 2. The lowest BCUT2D eigenvalue weighted by molar-refractivity contribution is -0.137. The summed E-state index contributed by atoms with van der Waals surface area (Å²) in [6, 6.07) is 7.32. The number of hydrogen-bond acceptors (Lipinski definition) is 5. The Kier molecular flexibility index (Phi) is 5.20. The zero-order valence-corrected chi connectivity index (χ0v) is 14.5. The molecule has 1 aromatic rings. The molecule has 0 spiro atoms. The molecule has 1 amide bonds. The van der Waals surface area contributed by atoms with Crippen LogP contribution in [-0.2, 0) is 19.1 Å². The molecule has 1 saturated carbocycles. The number of Topliss-reactive ketones (excluding diaryl/α,β-unsaturated/α-hetero) is 1. The Morgan fingerprint density at radius 3 is 2.88 bits per heavy atom. The van der Waals surface area contributed by atoms with Gasteiger partial charge in [-0.05, 0) is 40.9 Å². The van der Waals surface area contributed by atoms with Crippen LogP contribution in [-0.4, -0.2) is 30.5 Å². The number of ketones is 1. The number of primary amides is 1. The number of benzene rings is 1. The van der Waals surface area contributed by atoms with E-state index in [0.29, 0.717) is 25.0 Å². The highest BCUT2D eigenvalue weighted by molar-refractivity contribution is 9.10. The number of amides is 1. The molecule has 1 heterocycles. The summed E-state index contributed by atoms with van der Waals surface area (Å²) in [7, 11) is 0. The first-order chi connectivity index (χ1) is 11.5. The lowest BCUT2D eigenvalue weighted by Gasteiger charge is -2.37. The van der Waals surface area contributed by atoms with Crippen molar-refractivity contribution < 1.29 is 23.8 Å². The average molecular weight is 396 g/mol. The Bertz CT molecular complexity index is 675. The highest BCUT2D eigenvalue weighted by Crippen LogP contribution is 2.36. The average Bonchev–Trinajstić information content (AvgIpc) is 2.57. The maximum absolute atomic E-state index is 12.6. The first kappa shape index (κ1) is 17.0. The summed E-state index contributed by atoms with van der Waals surface area (Å²) in [6.45, 7) is -0.109. The number of halogens is 1. The molecule has 3 unspecified atom stereocenters. The smallest absolute Gasteiger partial charge is 0.243 e. The maximum Gasteiger partial charge on any atom is 0.243 e. The van der Waals surface area contributed by atoms with E-state index in [4.69, 9.17) is 19.9 Å². The molecular formula is C17H18BrNO5. The van der Waals surface area contributed by atoms with Crippen molar-refractivity contribution in [2.24, 2.45) is 11.7 Å². The van der Waals surface area contributed by atoms with Gasteiger partial charge < -0.3 is 19.9 Å². The summed E-state index contributed by atoms with van der Waals surface area (Å²) in [4.78, 5) is 23.4. The quantitative estimate of drug-likeness (QED) is 0.826. The van der Waals surface area contributed by atoms with Crippen LogP contribution in [0.3, 0.4) is 0 Å². The van der Waals surface area contributed by atoms with Crippen molar-refractivity contribution in [2.45, 2.75) is 31.5 Å². The van der Waals surface area contributed by atoms with Crippen LogP contribution in [0.15, 0.2) is 40.8 Å². The third kappa shape index (κ3) is 3.79. The van der Waals surface area contributed by atoms with E-state index in [1.165, 1.54) is 6.26 Å². The molecule has 0 aromatic heterocycles. The van der Waals surface area contributed by atoms with Gasteiger partial charge in [0.25, 0.3) is 0 Å². The van der Waals surface area contributed by atoms with Crippen LogP contribution in [0, 0.1) is 5.92 Å². The van der Waals surface area contributed by atoms with Crippen LogP contribution < -0.4 is 10.5 Å². The van der Waals surface area contributed by atoms with Gasteiger partial charge >= 0.3 is 0 Å². The van der Waals surface area contributed by atoms with Gasteiger partial charge in [-0.2, -0.15) is 0 Å². The van der Waals surface area contributed by atoms with Crippen molar-refractivity contribution in [3.63, 3.8) is 0 Å². The van der Waals surface area contributed by atoms with Gasteiger partial charge in [-0.15, -0.1) is 0 Å². The Balaban J connectivity index is 1.65. The topological polar surface area (TPSA) is 87.9 Å². The van der Waals surface area contributed by atoms with E-state index in [1.807, 2.05) is 18.2 Å². The van der Waals surface area contributed by atoms with E-state index < -0.39 is 5.91 Å². The molecular weight excluding hydrogens is 378 g/mol. The van der Waals surface area contributed by atoms with Gasteiger partial charge in [-0.1, -0.05) is 12.1 Å². The van der Waals surface area contributed by atoms with Crippen LogP contribution in [0.1, 0.15) is 19.3 Å². The summed E-state index contributed by atoms with van der Waals surface area (Å²) in [6.07, 6.45) is 2.87. The summed E-state index contributed by atoms with van der Waals surface area (Å²) in [5.74, 6) is -0.0321.